The van der Waals surface area contributed by atoms with Gasteiger partial charge in [-0.3, -0.25) is 0 Å². The van der Waals surface area contributed by atoms with Crippen molar-refractivity contribution in [3.8, 4) is 0 Å². The molecule has 0 aromatic carbocycles. The average molecular weight is 123 g/mol. The Morgan fingerprint density at radius 1 is 1.40 bits per heavy atom. The Labute approximate surface area is 40.3 Å². The molecule has 1 N–H and O–H groups in total. The van der Waals surface area contributed by atoms with Gasteiger partial charge >= 0.3 is 17.1 Å². The molecule has 3 nitrogen and oxygen atoms in total. The molecule has 0 aromatic heterocycles. The maximum absolute atomic E-state index is 8.53. The molecule has 1 radical (unpaired) electrons. The van der Waals surface area contributed by atoms with Gasteiger partial charge in [0.2, 0.25) is 0 Å². The molecule has 5 heteroatoms. The fourth-order valence-electron chi connectivity index (χ4n) is 0. The average Bonchev–Trinajstić information content (AvgIpc) is 0.811. The van der Waals surface area contributed by atoms with Gasteiger partial charge in [-0.15, -0.1) is 0 Å². The van der Waals surface area contributed by atoms with Crippen LogP contribution in [0.1, 0.15) is 0 Å². The first-order valence-corrected chi connectivity index (χ1v) is 0.730. The third-order valence-corrected chi connectivity index (χ3v) is 0. The van der Waals surface area contributed by atoms with E-state index in [0.717, 1.165) is 0 Å². The second kappa shape index (κ2) is 4.46. The fourth-order valence-corrected chi connectivity index (χ4v) is 0. The molecule has 0 bridgehead atoms. The van der Waals surface area contributed by atoms with Crippen molar-refractivity contribution in [1.82, 2.24) is 0 Å². The van der Waals surface area contributed by atoms with Gasteiger partial charge in [-0.25, -0.2) is 0 Å². The molecular formula is HBCuO3. The maximum Gasteiger partial charge on any atom is 2.00 e. The SMILES string of the molecule is [Cu+2].[O-]B([O-])O. The van der Waals surface area contributed by atoms with Crippen molar-refractivity contribution in [2.75, 3.05) is 0 Å². The van der Waals surface area contributed by atoms with Crippen LogP contribution >= 0.6 is 0 Å². The minimum absolute atomic E-state index is 0. The van der Waals surface area contributed by atoms with Crippen molar-refractivity contribution in [2.24, 2.45) is 0 Å². The molecule has 0 aliphatic rings. The third kappa shape index (κ3) is 126. The van der Waals surface area contributed by atoms with E-state index < -0.39 is 7.32 Å². The molecule has 0 heterocycles. The first-order valence-electron chi connectivity index (χ1n) is 0.730. The van der Waals surface area contributed by atoms with Crippen LogP contribution in [0.4, 0.5) is 0 Å². The Bertz CT molecular complexity index is 11.6. The zero-order valence-corrected chi connectivity index (χ0v) is 3.08. The Balaban J connectivity index is 0. The quantitative estimate of drug-likeness (QED) is 0.343. The number of hydrogen-bond acceptors (Lipinski definition) is 3. The van der Waals surface area contributed by atoms with Crippen LogP contribution < -0.4 is 10.0 Å². The molecule has 0 saturated heterocycles. The topological polar surface area (TPSA) is 66.3 Å². The van der Waals surface area contributed by atoms with E-state index in [0.29, 0.717) is 0 Å². The van der Waals surface area contributed by atoms with E-state index in [9.17, 15) is 0 Å². The van der Waals surface area contributed by atoms with Crippen LogP contribution in [0.2, 0.25) is 0 Å². The molecule has 0 atom stereocenters. The molecular weight excluding hydrogens is 122 g/mol. The van der Waals surface area contributed by atoms with Gasteiger partial charge in [0, 0.05) is 0 Å². The normalized spacial score (nSPS) is 5.40. The molecule has 0 aliphatic heterocycles. The Morgan fingerprint density at radius 3 is 1.40 bits per heavy atom. The van der Waals surface area contributed by atoms with Gasteiger partial charge < -0.3 is 15.1 Å². The summed E-state index contributed by atoms with van der Waals surface area (Å²) in [6, 6.07) is 0. The van der Waals surface area contributed by atoms with Crippen LogP contribution in [0.25, 0.3) is 0 Å². The summed E-state index contributed by atoms with van der Waals surface area (Å²) in [5.41, 5.74) is 0. The molecule has 0 fully saturated rings. The van der Waals surface area contributed by atoms with E-state index >= 15 is 0 Å². The molecule has 33 valence electrons. The summed E-state index contributed by atoms with van der Waals surface area (Å²) in [5, 5.41) is 24.0. The molecule has 0 unspecified atom stereocenters. The Kier molecular flexibility index (Phi) is 8.10. The minimum atomic E-state index is -2.67. The van der Waals surface area contributed by atoms with Crippen molar-refractivity contribution in [1.29, 1.82) is 0 Å². The van der Waals surface area contributed by atoms with Gasteiger partial charge in [-0.2, -0.15) is 0 Å². The first kappa shape index (κ1) is 9.07. The van der Waals surface area contributed by atoms with Gasteiger partial charge in [-0.05, 0) is 0 Å². The van der Waals surface area contributed by atoms with E-state index in [1.165, 1.54) is 0 Å². The van der Waals surface area contributed by atoms with Crippen LogP contribution in [-0.4, -0.2) is 12.3 Å². The molecule has 0 aliphatic carbocycles. The minimum Gasteiger partial charge on any atom is -0.871 e. The van der Waals surface area contributed by atoms with Crippen molar-refractivity contribution in [3.05, 3.63) is 0 Å². The largest absolute Gasteiger partial charge is 2.00 e. The standard InChI is InChI=1S/BHO3.Cu/c2-1(3)4;/h2H;/q-2;+2. The van der Waals surface area contributed by atoms with E-state index in [4.69, 9.17) is 15.1 Å². The second-order valence-electron chi connectivity index (χ2n) is 0.307. The maximum atomic E-state index is 8.53. The fraction of sp³-hybridized carbons (Fsp3) is 0. The zero-order valence-electron chi connectivity index (χ0n) is 2.14. The summed E-state index contributed by atoms with van der Waals surface area (Å²) in [4.78, 5) is 0. The summed E-state index contributed by atoms with van der Waals surface area (Å²) < 4.78 is 0. The van der Waals surface area contributed by atoms with Crippen LogP contribution in [0.15, 0.2) is 0 Å². The van der Waals surface area contributed by atoms with Crippen LogP contribution in [-0.2, 0) is 17.1 Å². The van der Waals surface area contributed by atoms with E-state index in [1.807, 2.05) is 0 Å². The molecule has 5 heavy (non-hydrogen) atoms. The number of hydrogen-bond donors (Lipinski definition) is 1. The molecule has 0 spiro atoms. The third-order valence-electron chi connectivity index (χ3n) is 0. The van der Waals surface area contributed by atoms with Gasteiger partial charge in [0.1, 0.15) is 0 Å². The van der Waals surface area contributed by atoms with Gasteiger partial charge in [0.05, 0.1) is 7.32 Å². The van der Waals surface area contributed by atoms with Crippen molar-refractivity contribution in [3.63, 3.8) is 0 Å². The summed E-state index contributed by atoms with van der Waals surface area (Å²) in [7, 11) is -2.67. The Morgan fingerprint density at radius 2 is 1.40 bits per heavy atom. The van der Waals surface area contributed by atoms with Crippen LogP contribution in [0.5, 0.6) is 0 Å². The molecule has 0 amide bonds. The zero-order chi connectivity index (χ0) is 3.58. The smallest absolute Gasteiger partial charge is 0.871 e. The predicted molar refractivity (Wildman–Crippen MR) is 7.97 cm³/mol. The van der Waals surface area contributed by atoms with Crippen LogP contribution in [0.3, 0.4) is 0 Å². The summed E-state index contributed by atoms with van der Waals surface area (Å²) >= 11 is 0. The summed E-state index contributed by atoms with van der Waals surface area (Å²) in [5.74, 6) is 0. The van der Waals surface area contributed by atoms with E-state index in [-0.39, 0.29) is 17.1 Å². The molecule has 0 saturated carbocycles. The summed E-state index contributed by atoms with van der Waals surface area (Å²) in [6.07, 6.45) is 0. The summed E-state index contributed by atoms with van der Waals surface area (Å²) in [6.45, 7) is 0. The predicted octanol–water partition coefficient (Wildman–Crippen LogP) is -3.32. The van der Waals surface area contributed by atoms with Gasteiger partial charge in [0.25, 0.3) is 0 Å². The van der Waals surface area contributed by atoms with Crippen molar-refractivity contribution < 1.29 is 32.1 Å². The Hall–Kier alpha value is 0.464. The van der Waals surface area contributed by atoms with Crippen molar-refractivity contribution >= 4 is 7.32 Å². The monoisotopic (exact) mass is 123 g/mol. The van der Waals surface area contributed by atoms with Crippen molar-refractivity contribution in [2.45, 2.75) is 0 Å². The molecule has 0 aromatic rings. The van der Waals surface area contributed by atoms with Crippen LogP contribution in [0, 0.1) is 0 Å². The van der Waals surface area contributed by atoms with E-state index in [2.05, 4.69) is 0 Å². The first-order chi connectivity index (χ1) is 1.73. The number of rotatable bonds is 0. The van der Waals surface area contributed by atoms with E-state index in [1.54, 1.807) is 0 Å². The molecule has 0 rings (SSSR count). The van der Waals surface area contributed by atoms with Gasteiger partial charge in [-0.1, -0.05) is 0 Å². The second-order valence-corrected chi connectivity index (χ2v) is 0.307. The van der Waals surface area contributed by atoms with Gasteiger partial charge in [0.15, 0.2) is 0 Å².